The van der Waals surface area contributed by atoms with E-state index in [-0.39, 0.29) is 6.03 Å². The number of unbranched alkanes of at least 4 members (excludes halogenated alkanes) is 1. The third kappa shape index (κ3) is 5.64. The molecule has 1 aromatic carbocycles. The molecular formula is C21H26N6O. The van der Waals surface area contributed by atoms with E-state index >= 15 is 0 Å². The molecule has 0 bridgehead atoms. The fraction of sp³-hybridized carbons (Fsp3) is 0.333. The summed E-state index contributed by atoms with van der Waals surface area (Å²) in [7, 11) is 0. The Morgan fingerprint density at radius 1 is 1.11 bits per heavy atom. The number of hydrogen-bond donors (Lipinski definition) is 2. The Balaban J connectivity index is 1.61. The van der Waals surface area contributed by atoms with Gasteiger partial charge in [-0.15, -0.1) is 0 Å². The summed E-state index contributed by atoms with van der Waals surface area (Å²) in [6.07, 6.45) is 6.16. The van der Waals surface area contributed by atoms with Crippen LogP contribution < -0.4 is 5.32 Å². The van der Waals surface area contributed by atoms with Crippen LogP contribution in [-0.4, -0.2) is 37.6 Å². The molecule has 2 N–H and O–H groups in total. The largest absolute Gasteiger partial charge is 0.322 e. The summed E-state index contributed by atoms with van der Waals surface area (Å²) in [5, 5.41) is 10.0. The SMILES string of the molecule is CCCCN(Cc1ccncc1)C(=O)Nc1ccc(Cc2n[nH]c(C)n2)cc1. The van der Waals surface area contributed by atoms with Crippen molar-refractivity contribution in [3.05, 3.63) is 71.6 Å². The maximum Gasteiger partial charge on any atom is 0.322 e. The smallest absolute Gasteiger partial charge is 0.320 e. The Bertz CT molecular complexity index is 875. The zero-order valence-corrected chi connectivity index (χ0v) is 16.4. The number of carbonyl (C=O) groups is 1. The molecule has 0 saturated carbocycles. The van der Waals surface area contributed by atoms with E-state index < -0.39 is 0 Å². The van der Waals surface area contributed by atoms with Crippen LogP contribution in [-0.2, 0) is 13.0 Å². The second-order valence-corrected chi connectivity index (χ2v) is 6.77. The van der Waals surface area contributed by atoms with Crippen molar-refractivity contribution in [1.29, 1.82) is 0 Å². The number of rotatable bonds is 8. The maximum absolute atomic E-state index is 12.8. The first kappa shape index (κ1) is 19.5. The molecule has 2 amide bonds. The van der Waals surface area contributed by atoms with Gasteiger partial charge < -0.3 is 10.2 Å². The van der Waals surface area contributed by atoms with Gasteiger partial charge in [0.15, 0.2) is 5.82 Å². The normalized spacial score (nSPS) is 10.6. The van der Waals surface area contributed by atoms with Gasteiger partial charge in [0, 0.05) is 37.6 Å². The molecule has 7 nitrogen and oxygen atoms in total. The van der Waals surface area contributed by atoms with E-state index in [1.807, 2.05) is 48.2 Å². The predicted octanol–water partition coefficient (Wildman–Crippen LogP) is 3.93. The van der Waals surface area contributed by atoms with Gasteiger partial charge in [0.25, 0.3) is 0 Å². The Kier molecular flexibility index (Phi) is 6.73. The van der Waals surface area contributed by atoms with Crippen molar-refractivity contribution in [1.82, 2.24) is 25.1 Å². The van der Waals surface area contributed by atoms with Gasteiger partial charge in [-0.3, -0.25) is 10.1 Å². The summed E-state index contributed by atoms with van der Waals surface area (Å²) in [4.78, 5) is 23.0. The molecule has 146 valence electrons. The summed E-state index contributed by atoms with van der Waals surface area (Å²) >= 11 is 0. The van der Waals surface area contributed by atoms with Crippen LogP contribution in [0, 0.1) is 6.92 Å². The molecular weight excluding hydrogens is 352 g/mol. The highest BCUT2D eigenvalue weighted by atomic mass is 16.2. The highest BCUT2D eigenvalue weighted by molar-refractivity contribution is 5.89. The molecule has 0 atom stereocenters. The van der Waals surface area contributed by atoms with Gasteiger partial charge in [0.2, 0.25) is 0 Å². The number of hydrogen-bond acceptors (Lipinski definition) is 4. The van der Waals surface area contributed by atoms with Crippen LogP contribution in [0.3, 0.4) is 0 Å². The van der Waals surface area contributed by atoms with Gasteiger partial charge >= 0.3 is 6.03 Å². The molecule has 28 heavy (non-hydrogen) atoms. The number of aromatic amines is 1. The zero-order valence-electron chi connectivity index (χ0n) is 16.4. The lowest BCUT2D eigenvalue weighted by Crippen LogP contribution is -2.35. The van der Waals surface area contributed by atoms with Gasteiger partial charge in [-0.25, -0.2) is 9.78 Å². The molecule has 3 rings (SSSR count). The van der Waals surface area contributed by atoms with Crippen LogP contribution in [0.4, 0.5) is 10.5 Å². The Morgan fingerprint density at radius 2 is 1.86 bits per heavy atom. The van der Waals surface area contributed by atoms with Crippen LogP contribution in [0.1, 0.15) is 42.5 Å². The number of carbonyl (C=O) groups excluding carboxylic acids is 1. The van der Waals surface area contributed by atoms with Crippen molar-refractivity contribution < 1.29 is 4.79 Å². The molecule has 0 saturated heterocycles. The average Bonchev–Trinajstić information content (AvgIpc) is 3.12. The van der Waals surface area contributed by atoms with Gasteiger partial charge in [0.05, 0.1) is 0 Å². The number of nitrogens with one attached hydrogen (secondary N) is 2. The highest BCUT2D eigenvalue weighted by Gasteiger charge is 2.14. The first-order valence-electron chi connectivity index (χ1n) is 9.55. The summed E-state index contributed by atoms with van der Waals surface area (Å²) in [5.74, 6) is 1.57. The number of nitrogens with zero attached hydrogens (tertiary/aromatic N) is 4. The lowest BCUT2D eigenvalue weighted by atomic mass is 10.1. The van der Waals surface area contributed by atoms with Gasteiger partial charge in [-0.05, 0) is 48.7 Å². The van der Waals surface area contributed by atoms with E-state index in [0.29, 0.717) is 19.5 Å². The van der Waals surface area contributed by atoms with Crippen molar-refractivity contribution >= 4 is 11.7 Å². The number of H-pyrrole nitrogens is 1. The number of amides is 2. The molecule has 2 heterocycles. The number of pyridine rings is 1. The van der Waals surface area contributed by atoms with Gasteiger partial charge in [-0.2, -0.15) is 5.10 Å². The number of aryl methyl sites for hydroxylation is 1. The summed E-state index contributed by atoms with van der Waals surface area (Å²) < 4.78 is 0. The Labute approximate surface area is 165 Å². The first-order chi connectivity index (χ1) is 13.6. The van der Waals surface area contributed by atoms with E-state index in [0.717, 1.165) is 41.3 Å². The van der Waals surface area contributed by atoms with Gasteiger partial charge in [0.1, 0.15) is 5.82 Å². The maximum atomic E-state index is 12.8. The molecule has 0 spiro atoms. The molecule has 3 aromatic rings. The molecule has 0 aliphatic rings. The number of anilines is 1. The fourth-order valence-corrected chi connectivity index (χ4v) is 2.87. The van der Waals surface area contributed by atoms with E-state index in [2.05, 4.69) is 32.4 Å². The number of aromatic nitrogens is 4. The highest BCUT2D eigenvalue weighted by Crippen LogP contribution is 2.14. The van der Waals surface area contributed by atoms with Crippen LogP contribution in [0.5, 0.6) is 0 Å². The summed E-state index contributed by atoms with van der Waals surface area (Å²) in [6.45, 7) is 5.28. The monoisotopic (exact) mass is 378 g/mol. The summed E-state index contributed by atoms with van der Waals surface area (Å²) in [6, 6.07) is 11.6. The molecule has 0 fully saturated rings. The predicted molar refractivity (Wildman–Crippen MR) is 109 cm³/mol. The topological polar surface area (TPSA) is 86.8 Å². The minimum atomic E-state index is -0.0948. The first-order valence-corrected chi connectivity index (χ1v) is 9.55. The van der Waals surface area contributed by atoms with Crippen LogP contribution in [0.2, 0.25) is 0 Å². The molecule has 2 aromatic heterocycles. The fourth-order valence-electron chi connectivity index (χ4n) is 2.87. The zero-order chi connectivity index (χ0) is 19.8. The summed E-state index contributed by atoms with van der Waals surface area (Å²) in [5.41, 5.74) is 2.94. The van der Waals surface area contributed by atoms with Gasteiger partial charge in [-0.1, -0.05) is 25.5 Å². The molecule has 0 aliphatic carbocycles. The molecule has 0 radical (unpaired) electrons. The van der Waals surface area contributed by atoms with Crippen molar-refractivity contribution in [3.63, 3.8) is 0 Å². The Morgan fingerprint density at radius 3 is 2.50 bits per heavy atom. The third-order valence-corrected chi connectivity index (χ3v) is 4.40. The van der Waals surface area contributed by atoms with E-state index in [1.54, 1.807) is 12.4 Å². The lowest BCUT2D eigenvalue weighted by Gasteiger charge is -2.23. The lowest BCUT2D eigenvalue weighted by molar-refractivity contribution is 0.208. The molecule has 0 aliphatic heterocycles. The van der Waals surface area contributed by atoms with Crippen molar-refractivity contribution in [2.45, 2.75) is 39.7 Å². The third-order valence-electron chi connectivity index (χ3n) is 4.40. The molecule has 0 unspecified atom stereocenters. The minimum absolute atomic E-state index is 0.0948. The minimum Gasteiger partial charge on any atom is -0.320 e. The Hall–Kier alpha value is -3.22. The van der Waals surface area contributed by atoms with Crippen molar-refractivity contribution in [2.24, 2.45) is 0 Å². The van der Waals surface area contributed by atoms with E-state index in [9.17, 15) is 4.79 Å². The molecule has 7 heteroatoms. The quantitative estimate of drug-likeness (QED) is 0.622. The second kappa shape index (κ2) is 9.64. The average molecular weight is 378 g/mol. The second-order valence-electron chi connectivity index (χ2n) is 6.77. The van der Waals surface area contributed by atoms with Crippen molar-refractivity contribution in [2.75, 3.05) is 11.9 Å². The van der Waals surface area contributed by atoms with E-state index in [1.165, 1.54) is 0 Å². The van der Waals surface area contributed by atoms with Crippen molar-refractivity contribution in [3.8, 4) is 0 Å². The van der Waals surface area contributed by atoms with Crippen LogP contribution >= 0.6 is 0 Å². The standard InChI is InChI=1S/C21H26N6O/c1-3-4-13-27(15-18-9-11-22-12-10-18)21(28)24-19-7-5-17(6-8-19)14-20-23-16(2)25-26-20/h5-12H,3-4,13-15H2,1-2H3,(H,24,28)(H,23,25,26). The number of benzene rings is 1. The van der Waals surface area contributed by atoms with E-state index in [4.69, 9.17) is 0 Å². The van der Waals surface area contributed by atoms with Crippen LogP contribution in [0.15, 0.2) is 48.8 Å². The number of urea groups is 1. The van der Waals surface area contributed by atoms with Crippen LogP contribution in [0.25, 0.3) is 0 Å².